The third kappa shape index (κ3) is 5.67. The molecular formula is C22H20FN3O4S. The number of hydrogen-bond acceptors (Lipinski definition) is 4. The molecule has 9 heteroatoms. The molecule has 0 heterocycles. The maximum atomic E-state index is 13.4. The summed E-state index contributed by atoms with van der Waals surface area (Å²) in [6, 6.07) is 18.9. The summed E-state index contributed by atoms with van der Waals surface area (Å²) in [7, 11) is -4.07. The summed E-state index contributed by atoms with van der Waals surface area (Å²) in [5.41, 5.74) is 1.14. The van der Waals surface area contributed by atoms with Gasteiger partial charge in [-0.15, -0.1) is 0 Å². The molecule has 3 aromatic rings. The van der Waals surface area contributed by atoms with Crippen molar-refractivity contribution in [3.05, 3.63) is 84.7 Å². The summed E-state index contributed by atoms with van der Waals surface area (Å²) >= 11 is 0. The third-order valence-corrected chi connectivity index (χ3v) is 6.01. The van der Waals surface area contributed by atoms with Gasteiger partial charge < -0.3 is 10.6 Å². The molecule has 0 bridgehead atoms. The first-order chi connectivity index (χ1) is 14.8. The largest absolute Gasteiger partial charge is 0.326 e. The highest BCUT2D eigenvalue weighted by Crippen LogP contribution is 2.24. The molecule has 0 spiro atoms. The smallest absolute Gasteiger partial charge is 0.264 e. The number of nitrogens with one attached hydrogen (secondary N) is 2. The molecule has 0 unspecified atom stereocenters. The van der Waals surface area contributed by atoms with Gasteiger partial charge in [-0.25, -0.2) is 12.8 Å². The average Bonchev–Trinajstić information content (AvgIpc) is 2.74. The SMILES string of the molecule is CC(=O)Nc1ccc(NC(=O)CN(c2ccc(F)cc2)S(=O)(=O)c2ccccc2)cc1. The lowest BCUT2D eigenvalue weighted by molar-refractivity contribution is -0.115. The molecule has 0 atom stereocenters. The monoisotopic (exact) mass is 441 g/mol. The molecule has 160 valence electrons. The quantitative estimate of drug-likeness (QED) is 0.585. The molecule has 0 aliphatic rings. The van der Waals surface area contributed by atoms with Crippen molar-refractivity contribution in [1.82, 2.24) is 0 Å². The molecule has 0 fully saturated rings. The van der Waals surface area contributed by atoms with Crippen molar-refractivity contribution in [2.75, 3.05) is 21.5 Å². The lowest BCUT2D eigenvalue weighted by Gasteiger charge is -2.24. The van der Waals surface area contributed by atoms with Crippen LogP contribution in [0, 0.1) is 5.82 Å². The molecule has 31 heavy (non-hydrogen) atoms. The molecule has 0 saturated heterocycles. The fraction of sp³-hybridized carbons (Fsp3) is 0.0909. The van der Waals surface area contributed by atoms with Gasteiger partial charge in [-0.2, -0.15) is 0 Å². The van der Waals surface area contributed by atoms with Gasteiger partial charge in [0, 0.05) is 18.3 Å². The van der Waals surface area contributed by atoms with Crippen molar-refractivity contribution in [3.8, 4) is 0 Å². The third-order valence-electron chi connectivity index (χ3n) is 4.22. The van der Waals surface area contributed by atoms with Gasteiger partial charge in [0.2, 0.25) is 11.8 Å². The summed E-state index contributed by atoms with van der Waals surface area (Å²) < 4.78 is 40.6. The van der Waals surface area contributed by atoms with Crippen LogP contribution in [0.1, 0.15) is 6.92 Å². The fourth-order valence-electron chi connectivity index (χ4n) is 2.81. The summed E-state index contributed by atoms with van der Waals surface area (Å²) in [4.78, 5) is 23.7. The maximum Gasteiger partial charge on any atom is 0.264 e. The van der Waals surface area contributed by atoms with Gasteiger partial charge in [0.15, 0.2) is 0 Å². The number of nitrogens with zero attached hydrogens (tertiary/aromatic N) is 1. The topological polar surface area (TPSA) is 95.6 Å². The number of anilines is 3. The van der Waals surface area contributed by atoms with Crippen LogP contribution >= 0.6 is 0 Å². The molecule has 2 amide bonds. The van der Waals surface area contributed by atoms with E-state index in [-0.39, 0.29) is 16.5 Å². The van der Waals surface area contributed by atoms with Crippen LogP contribution in [0.2, 0.25) is 0 Å². The van der Waals surface area contributed by atoms with Crippen LogP contribution in [0.25, 0.3) is 0 Å². The second-order valence-electron chi connectivity index (χ2n) is 6.61. The molecule has 7 nitrogen and oxygen atoms in total. The molecule has 3 aromatic carbocycles. The minimum absolute atomic E-state index is 0.00628. The van der Waals surface area contributed by atoms with Gasteiger partial charge in [0.1, 0.15) is 12.4 Å². The van der Waals surface area contributed by atoms with Crippen molar-refractivity contribution in [2.45, 2.75) is 11.8 Å². The van der Waals surface area contributed by atoms with E-state index in [4.69, 9.17) is 0 Å². The minimum atomic E-state index is -4.07. The van der Waals surface area contributed by atoms with E-state index in [1.807, 2.05) is 0 Å². The Morgan fingerprint density at radius 3 is 1.94 bits per heavy atom. The van der Waals surface area contributed by atoms with Gasteiger partial charge in [0.25, 0.3) is 10.0 Å². The van der Waals surface area contributed by atoms with E-state index in [0.29, 0.717) is 11.4 Å². The van der Waals surface area contributed by atoms with Gasteiger partial charge in [-0.05, 0) is 60.7 Å². The predicted octanol–water partition coefficient (Wildman–Crippen LogP) is 3.62. The molecule has 0 aliphatic carbocycles. The van der Waals surface area contributed by atoms with Crippen molar-refractivity contribution < 1.29 is 22.4 Å². The standard InChI is InChI=1S/C22H20FN3O4S/c1-16(27)24-18-9-11-19(12-10-18)25-22(28)15-26(20-13-7-17(23)8-14-20)31(29,30)21-5-3-2-4-6-21/h2-14H,15H2,1H3,(H,24,27)(H,25,28). The summed E-state index contributed by atoms with van der Waals surface area (Å²) in [5.74, 6) is -1.33. The Morgan fingerprint density at radius 2 is 1.39 bits per heavy atom. The van der Waals surface area contributed by atoms with Crippen LogP contribution in [0.5, 0.6) is 0 Å². The average molecular weight is 441 g/mol. The van der Waals surface area contributed by atoms with Crippen LogP contribution in [0.4, 0.5) is 21.5 Å². The number of hydrogen-bond donors (Lipinski definition) is 2. The first kappa shape index (κ1) is 22.0. The number of halogens is 1. The van der Waals surface area contributed by atoms with Crippen LogP contribution in [0.15, 0.2) is 83.8 Å². The number of carbonyl (C=O) groups excluding carboxylic acids is 2. The molecule has 2 N–H and O–H groups in total. The van der Waals surface area contributed by atoms with Crippen LogP contribution in [-0.2, 0) is 19.6 Å². The zero-order valence-corrected chi connectivity index (χ0v) is 17.4. The van der Waals surface area contributed by atoms with Crippen LogP contribution in [0.3, 0.4) is 0 Å². The Balaban J connectivity index is 1.84. The van der Waals surface area contributed by atoms with Gasteiger partial charge in [-0.1, -0.05) is 18.2 Å². The molecule has 3 rings (SSSR count). The van der Waals surface area contributed by atoms with E-state index in [1.54, 1.807) is 42.5 Å². The van der Waals surface area contributed by atoms with E-state index >= 15 is 0 Å². The second kappa shape index (κ2) is 9.40. The molecular weight excluding hydrogens is 421 g/mol. The Labute approximate surface area is 179 Å². The number of rotatable bonds is 7. The van der Waals surface area contributed by atoms with Gasteiger partial charge >= 0.3 is 0 Å². The highest BCUT2D eigenvalue weighted by atomic mass is 32.2. The summed E-state index contributed by atoms with van der Waals surface area (Å²) in [6.45, 7) is 0.864. The summed E-state index contributed by atoms with van der Waals surface area (Å²) in [6.07, 6.45) is 0. The van der Waals surface area contributed by atoms with Crippen molar-refractivity contribution in [2.24, 2.45) is 0 Å². The van der Waals surface area contributed by atoms with Crippen molar-refractivity contribution in [1.29, 1.82) is 0 Å². The molecule has 0 aliphatic heterocycles. The highest BCUT2D eigenvalue weighted by molar-refractivity contribution is 7.92. The number of amides is 2. The highest BCUT2D eigenvalue weighted by Gasteiger charge is 2.27. The Kier molecular flexibility index (Phi) is 6.66. The Morgan fingerprint density at radius 1 is 0.839 bits per heavy atom. The zero-order chi connectivity index (χ0) is 22.4. The van der Waals surface area contributed by atoms with Crippen LogP contribution < -0.4 is 14.9 Å². The van der Waals surface area contributed by atoms with E-state index in [1.165, 1.54) is 31.2 Å². The molecule has 0 saturated carbocycles. The fourth-order valence-corrected chi connectivity index (χ4v) is 4.26. The maximum absolute atomic E-state index is 13.4. The van der Waals surface area contributed by atoms with E-state index < -0.39 is 28.3 Å². The van der Waals surface area contributed by atoms with E-state index in [9.17, 15) is 22.4 Å². The molecule has 0 radical (unpaired) electrons. The van der Waals surface area contributed by atoms with Crippen molar-refractivity contribution in [3.63, 3.8) is 0 Å². The first-order valence-corrected chi connectivity index (χ1v) is 10.7. The zero-order valence-electron chi connectivity index (χ0n) is 16.6. The second-order valence-corrected chi connectivity index (χ2v) is 8.47. The number of sulfonamides is 1. The lowest BCUT2D eigenvalue weighted by Crippen LogP contribution is -2.38. The minimum Gasteiger partial charge on any atom is -0.326 e. The Bertz CT molecular complexity index is 1170. The Hall–Kier alpha value is -3.72. The van der Waals surface area contributed by atoms with Gasteiger partial charge in [-0.3, -0.25) is 13.9 Å². The van der Waals surface area contributed by atoms with Gasteiger partial charge in [0.05, 0.1) is 10.6 Å². The van der Waals surface area contributed by atoms with E-state index in [2.05, 4.69) is 10.6 Å². The predicted molar refractivity (Wildman–Crippen MR) is 117 cm³/mol. The molecule has 0 aromatic heterocycles. The normalized spacial score (nSPS) is 10.9. The first-order valence-electron chi connectivity index (χ1n) is 9.26. The van der Waals surface area contributed by atoms with E-state index in [0.717, 1.165) is 16.4 Å². The number of benzene rings is 3. The van der Waals surface area contributed by atoms with Crippen LogP contribution in [-0.4, -0.2) is 26.8 Å². The number of carbonyl (C=O) groups is 2. The van der Waals surface area contributed by atoms with Crippen molar-refractivity contribution >= 4 is 38.9 Å². The lowest BCUT2D eigenvalue weighted by atomic mass is 10.2. The summed E-state index contributed by atoms with van der Waals surface area (Å²) in [5, 5.41) is 5.24.